The number of ether oxygens (including phenoxy) is 1. The molecule has 5 nitrogen and oxygen atoms in total. The molecule has 0 aliphatic heterocycles. The van der Waals surface area contributed by atoms with Gasteiger partial charge in [0.05, 0.1) is 24.9 Å². The van der Waals surface area contributed by atoms with Gasteiger partial charge in [-0.2, -0.15) is 5.10 Å². The first kappa shape index (κ1) is 12.4. The van der Waals surface area contributed by atoms with Crippen LogP contribution in [0.3, 0.4) is 0 Å². The molecule has 2 aromatic rings. The summed E-state index contributed by atoms with van der Waals surface area (Å²) < 4.78 is 6.97. The van der Waals surface area contributed by atoms with E-state index in [9.17, 15) is 0 Å². The zero-order chi connectivity index (χ0) is 13.1. The maximum absolute atomic E-state index is 7.44. The number of benzene rings is 1. The molecule has 0 atom stereocenters. The number of halogens is 1. The van der Waals surface area contributed by atoms with Crippen LogP contribution in [0.2, 0.25) is 5.02 Å². The predicted octanol–water partition coefficient (Wildman–Crippen LogP) is 1.88. The average molecular weight is 265 g/mol. The van der Waals surface area contributed by atoms with Crippen LogP contribution in [0.4, 0.5) is 0 Å². The van der Waals surface area contributed by atoms with Gasteiger partial charge in [-0.15, -0.1) is 0 Å². The van der Waals surface area contributed by atoms with E-state index < -0.39 is 0 Å². The van der Waals surface area contributed by atoms with Gasteiger partial charge in [0.25, 0.3) is 0 Å². The number of hydrogen-bond donors (Lipinski definition) is 2. The summed E-state index contributed by atoms with van der Waals surface area (Å²) in [6, 6.07) is 5.36. The van der Waals surface area contributed by atoms with E-state index >= 15 is 0 Å². The van der Waals surface area contributed by atoms with Gasteiger partial charge >= 0.3 is 0 Å². The number of nitrogens with zero attached hydrogens (tertiary/aromatic N) is 2. The lowest BCUT2D eigenvalue weighted by Gasteiger charge is -2.10. The van der Waals surface area contributed by atoms with Crippen LogP contribution >= 0.6 is 11.6 Å². The Labute approximate surface area is 110 Å². The fraction of sp³-hybridized carbons (Fsp3) is 0.167. The highest BCUT2D eigenvalue weighted by Gasteiger charge is 2.07. The van der Waals surface area contributed by atoms with Crippen molar-refractivity contribution in [1.82, 2.24) is 9.78 Å². The molecule has 1 aromatic heterocycles. The summed E-state index contributed by atoms with van der Waals surface area (Å²) in [5, 5.41) is 12.1. The van der Waals surface area contributed by atoms with E-state index in [-0.39, 0.29) is 5.84 Å². The van der Waals surface area contributed by atoms with Gasteiger partial charge in [0.1, 0.15) is 11.6 Å². The van der Waals surface area contributed by atoms with E-state index in [2.05, 4.69) is 5.10 Å². The van der Waals surface area contributed by atoms with E-state index in [4.69, 9.17) is 27.5 Å². The molecule has 0 saturated heterocycles. The molecule has 0 amide bonds. The molecule has 0 unspecified atom stereocenters. The highest BCUT2D eigenvalue weighted by molar-refractivity contribution is 6.30. The van der Waals surface area contributed by atoms with Gasteiger partial charge in [0.2, 0.25) is 0 Å². The van der Waals surface area contributed by atoms with Gasteiger partial charge in [-0.25, -0.2) is 0 Å². The first-order chi connectivity index (χ1) is 8.60. The van der Waals surface area contributed by atoms with E-state index in [0.717, 1.165) is 11.3 Å². The van der Waals surface area contributed by atoms with Crippen molar-refractivity contribution < 1.29 is 4.74 Å². The minimum Gasteiger partial charge on any atom is -0.496 e. The van der Waals surface area contributed by atoms with Gasteiger partial charge in [0, 0.05) is 17.3 Å². The lowest BCUT2D eigenvalue weighted by atomic mass is 10.1. The second kappa shape index (κ2) is 5.10. The van der Waals surface area contributed by atoms with E-state index in [0.29, 0.717) is 17.1 Å². The summed E-state index contributed by atoms with van der Waals surface area (Å²) in [6.45, 7) is 0.511. The third kappa shape index (κ3) is 2.62. The Hall–Kier alpha value is -2.01. The topological polar surface area (TPSA) is 76.9 Å². The molecule has 1 aromatic carbocycles. The normalized spacial score (nSPS) is 10.3. The van der Waals surface area contributed by atoms with Crippen LogP contribution in [0.15, 0.2) is 30.6 Å². The second-order valence-corrected chi connectivity index (χ2v) is 4.23. The Morgan fingerprint density at radius 3 is 2.89 bits per heavy atom. The molecule has 2 rings (SSSR count). The highest BCUT2D eigenvalue weighted by Crippen LogP contribution is 2.21. The molecule has 94 valence electrons. The Morgan fingerprint density at radius 2 is 2.33 bits per heavy atom. The fourth-order valence-electron chi connectivity index (χ4n) is 1.67. The standard InChI is InChI=1S/C12H13ClN4O/c1-18-11-3-2-8(12(14)15)4-9(11)6-17-7-10(13)5-16-17/h2-5,7H,6H2,1H3,(H3,14,15). The molecule has 0 bridgehead atoms. The maximum atomic E-state index is 7.44. The lowest BCUT2D eigenvalue weighted by Crippen LogP contribution is -2.12. The van der Waals surface area contributed by atoms with Crippen molar-refractivity contribution >= 4 is 17.4 Å². The fourth-order valence-corrected chi connectivity index (χ4v) is 1.83. The lowest BCUT2D eigenvalue weighted by molar-refractivity contribution is 0.407. The van der Waals surface area contributed by atoms with E-state index in [1.54, 1.807) is 36.3 Å². The minimum absolute atomic E-state index is 0.0254. The summed E-state index contributed by atoms with van der Waals surface area (Å²) in [7, 11) is 1.60. The monoisotopic (exact) mass is 264 g/mol. The molecule has 0 aliphatic rings. The number of aromatic nitrogens is 2. The van der Waals surface area contributed by atoms with E-state index in [1.165, 1.54) is 0 Å². The Kier molecular flexibility index (Phi) is 3.53. The quantitative estimate of drug-likeness (QED) is 0.654. The zero-order valence-electron chi connectivity index (χ0n) is 9.85. The SMILES string of the molecule is COc1ccc(C(=N)N)cc1Cn1cc(Cl)cn1. The summed E-state index contributed by atoms with van der Waals surface area (Å²) in [5.41, 5.74) is 7.02. The molecule has 3 N–H and O–H groups in total. The predicted molar refractivity (Wildman–Crippen MR) is 70.3 cm³/mol. The number of amidine groups is 1. The van der Waals surface area contributed by atoms with Crippen LogP contribution in [0.25, 0.3) is 0 Å². The summed E-state index contributed by atoms with van der Waals surface area (Å²) >= 11 is 5.81. The number of hydrogen-bond acceptors (Lipinski definition) is 3. The van der Waals surface area contributed by atoms with Crippen LogP contribution in [-0.2, 0) is 6.54 Å². The minimum atomic E-state index is 0.0254. The highest BCUT2D eigenvalue weighted by atomic mass is 35.5. The summed E-state index contributed by atoms with van der Waals surface area (Å²) in [4.78, 5) is 0. The molecule has 0 fully saturated rings. The third-order valence-corrected chi connectivity index (χ3v) is 2.72. The summed E-state index contributed by atoms with van der Waals surface area (Å²) in [5.74, 6) is 0.754. The number of methoxy groups -OCH3 is 1. The first-order valence-corrected chi connectivity index (χ1v) is 5.67. The molecule has 6 heteroatoms. The number of nitrogen functional groups attached to an aromatic ring is 1. The smallest absolute Gasteiger partial charge is 0.123 e. The van der Waals surface area contributed by atoms with Gasteiger partial charge in [-0.3, -0.25) is 10.1 Å². The molecule has 0 saturated carbocycles. The number of rotatable bonds is 4. The van der Waals surface area contributed by atoms with Gasteiger partial charge in [-0.05, 0) is 18.2 Å². The maximum Gasteiger partial charge on any atom is 0.123 e. The van der Waals surface area contributed by atoms with Crippen molar-refractivity contribution in [3.05, 3.63) is 46.7 Å². The van der Waals surface area contributed by atoms with Crippen molar-refractivity contribution in [3.8, 4) is 5.75 Å². The largest absolute Gasteiger partial charge is 0.496 e. The average Bonchev–Trinajstić information content (AvgIpc) is 2.74. The molecule has 1 heterocycles. The van der Waals surface area contributed by atoms with Crippen LogP contribution in [-0.4, -0.2) is 22.7 Å². The van der Waals surface area contributed by atoms with Crippen LogP contribution in [0, 0.1) is 5.41 Å². The first-order valence-electron chi connectivity index (χ1n) is 5.29. The molecule has 0 radical (unpaired) electrons. The van der Waals surface area contributed by atoms with Crippen LogP contribution < -0.4 is 10.5 Å². The van der Waals surface area contributed by atoms with Crippen molar-refractivity contribution in [2.75, 3.05) is 7.11 Å². The Morgan fingerprint density at radius 1 is 1.56 bits per heavy atom. The van der Waals surface area contributed by atoms with Crippen LogP contribution in [0.1, 0.15) is 11.1 Å². The Bertz CT molecular complexity index is 579. The zero-order valence-corrected chi connectivity index (χ0v) is 10.6. The molecule has 0 aliphatic carbocycles. The number of nitrogens with one attached hydrogen (secondary N) is 1. The van der Waals surface area contributed by atoms with Crippen molar-refractivity contribution in [2.24, 2.45) is 5.73 Å². The Balaban J connectivity index is 2.35. The van der Waals surface area contributed by atoms with E-state index in [1.807, 2.05) is 6.07 Å². The second-order valence-electron chi connectivity index (χ2n) is 3.80. The third-order valence-electron chi connectivity index (χ3n) is 2.53. The number of nitrogens with two attached hydrogens (primary N) is 1. The molecule has 0 spiro atoms. The van der Waals surface area contributed by atoms with Crippen molar-refractivity contribution in [1.29, 1.82) is 5.41 Å². The van der Waals surface area contributed by atoms with Gasteiger partial charge in [0.15, 0.2) is 0 Å². The van der Waals surface area contributed by atoms with Crippen molar-refractivity contribution in [3.63, 3.8) is 0 Å². The van der Waals surface area contributed by atoms with Gasteiger partial charge in [-0.1, -0.05) is 11.6 Å². The van der Waals surface area contributed by atoms with Crippen LogP contribution in [0.5, 0.6) is 5.75 Å². The summed E-state index contributed by atoms with van der Waals surface area (Å²) in [6.07, 6.45) is 3.30. The molecular formula is C12H13ClN4O. The molecular weight excluding hydrogens is 252 g/mol. The van der Waals surface area contributed by atoms with Gasteiger partial charge < -0.3 is 10.5 Å². The van der Waals surface area contributed by atoms with Crippen molar-refractivity contribution in [2.45, 2.75) is 6.54 Å². The molecule has 18 heavy (non-hydrogen) atoms.